The summed E-state index contributed by atoms with van der Waals surface area (Å²) in [7, 11) is 1.75. The monoisotopic (exact) mass is 250 g/mol. The molecule has 0 bridgehead atoms. The number of methoxy groups -OCH3 is 1. The highest BCUT2D eigenvalue weighted by Crippen LogP contribution is 2.24. The minimum Gasteiger partial charge on any atom is -0.496 e. The van der Waals surface area contributed by atoms with Gasteiger partial charge in [-0.25, -0.2) is 0 Å². The molecule has 0 aliphatic heterocycles. The topological polar surface area (TPSA) is 33.3 Å². The van der Waals surface area contributed by atoms with Crippen LogP contribution in [0.1, 0.15) is 23.6 Å². The van der Waals surface area contributed by atoms with Crippen LogP contribution in [0.3, 0.4) is 0 Å². The molecule has 1 rings (SSSR count). The summed E-state index contributed by atoms with van der Waals surface area (Å²) in [5.41, 5.74) is 3.90. The zero-order valence-corrected chi connectivity index (χ0v) is 12.1. The molecule has 0 aliphatic carbocycles. The van der Waals surface area contributed by atoms with Crippen LogP contribution in [0, 0.1) is 13.8 Å². The molecule has 0 aliphatic rings. The Morgan fingerprint density at radius 3 is 2.44 bits per heavy atom. The first-order chi connectivity index (χ1) is 8.69. The molecule has 3 heteroatoms. The van der Waals surface area contributed by atoms with E-state index in [-0.39, 0.29) is 0 Å². The third kappa shape index (κ3) is 4.67. The van der Waals surface area contributed by atoms with Crippen LogP contribution < -0.4 is 15.4 Å². The van der Waals surface area contributed by atoms with Crippen LogP contribution in [-0.2, 0) is 6.42 Å². The lowest BCUT2D eigenvalue weighted by molar-refractivity contribution is 0.408. The first-order valence-electron chi connectivity index (χ1n) is 6.74. The number of rotatable bonds is 8. The second-order valence-electron chi connectivity index (χ2n) is 4.62. The normalized spacial score (nSPS) is 10.7. The minimum atomic E-state index is 0.992. The van der Waals surface area contributed by atoms with Crippen molar-refractivity contribution in [1.29, 1.82) is 0 Å². The molecule has 18 heavy (non-hydrogen) atoms. The van der Waals surface area contributed by atoms with Crippen LogP contribution in [0.4, 0.5) is 0 Å². The number of likely N-dealkylation sites (N-methyl/N-ethyl adjacent to an activating group) is 1. The van der Waals surface area contributed by atoms with E-state index in [2.05, 4.69) is 43.5 Å². The number of hydrogen-bond donors (Lipinski definition) is 2. The maximum absolute atomic E-state index is 5.46. The van der Waals surface area contributed by atoms with E-state index in [1.807, 2.05) is 0 Å². The van der Waals surface area contributed by atoms with Crippen LogP contribution in [0.15, 0.2) is 12.1 Å². The van der Waals surface area contributed by atoms with E-state index in [0.717, 1.165) is 38.3 Å². The first kappa shape index (κ1) is 15.0. The minimum absolute atomic E-state index is 0.992. The molecule has 0 spiro atoms. The molecule has 0 aromatic heterocycles. The molecule has 3 nitrogen and oxygen atoms in total. The molecule has 1 aromatic carbocycles. The van der Waals surface area contributed by atoms with E-state index in [0.29, 0.717) is 0 Å². The maximum atomic E-state index is 5.46. The van der Waals surface area contributed by atoms with Gasteiger partial charge < -0.3 is 15.4 Å². The summed E-state index contributed by atoms with van der Waals surface area (Å²) < 4.78 is 5.46. The van der Waals surface area contributed by atoms with Crippen LogP contribution in [0.5, 0.6) is 5.75 Å². The lowest BCUT2D eigenvalue weighted by Crippen LogP contribution is -2.28. The average Bonchev–Trinajstić information content (AvgIpc) is 2.35. The highest BCUT2D eigenvalue weighted by Gasteiger charge is 2.06. The summed E-state index contributed by atoms with van der Waals surface area (Å²) >= 11 is 0. The number of ether oxygens (including phenoxy) is 1. The van der Waals surface area contributed by atoms with Crippen LogP contribution >= 0.6 is 0 Å². The van der Waals surface area contributed by atoms with Crippen molar-refractivity contribution in [2.45, 2.75) is 27.2 Å². The molecule has 0 unspecified atom stereocenters. The fraction of sp³-hybridized carbons (Fsp3) is 0.600. The van der Waals surface area contributed by atoms with Crippen LogP contribution in [0.25, 0.3) is 0 Å². The molecule has 102 valence electrons. The molecule has 0 heterocycles. The maximum Gasteiger partial charge on any atom is 0.122 e. The summed E-state index contributed by atoms with van der Waals surface area (Å²) in [6.45, 7) is 10.5. The Balaban J connectivity index is 2.46. The quantitative estimate of drug-likeness (QED) is 0.693. The molecule has 0 radical (unpaired) electrons. The van der Waals surface area contributed by atoms with Gasteiger partial charge in [-0.1, -0.05) is 13.0 Å². The smallest absolute Gasteiger partial charge is 0.122 e. The summed E-state index contributed by atoms with van der Waals surface area (Å²) in [4.78, 5) is 0. The molecule has 1 aromatic rings. The van der Waals surface area contributed by atoms with E-state index < -0.39 is 0 Å². The first-order valence-corrected chi connectivity index (χ1v) is 6.74. The van der Waals surface area contributed by atoms with Crippen molar-refractivity contribution in [2.75, 3.05) is 33.3 Å². The van der Waals surface area contributed by atoms with Crippen molar-refractivity contribution in [2.24, 2.45) is 0 Å². The molecule has 0 atom stereocenters. The predicted molar refractivity (Wildman–Crippen MR) is 77.6 cm³/mol. The Morgan fingerprint density at radius 2 is 1.78 bits per heavy atom. The van der Waals surface area contributed by atoms with E-state index in [1.54, 1.807) is 7.11 Å². The van der Waals surface area contributed by atoms with Crippen molar-refractivity contribution in [3.63, 3.8) is 0 Å². The van der Waals surface area contributed by atoms with Crippen LogP contribution in [-0.4, -0.2) is 33.3 Å². The summed E-state index contributed by atoms with van der Waals surface area (Å²) in [5.74, 6) is 1.01. The van der Waals surface area contributed by atoms with Crippen molar-refractivity contribution in [3.05, 3.63) is 28.8 Å². The third-order valence-corrected chi connectivity index (χ3v) is 3.08. The third-order valence-electron chi connectivity index (χ3n) is 3.08. The fourth-order valence-corrected chi connectivity index (χ4v) is 2.15. The van der Waals surface area contributed by atoms with Gasteiger partial charge >= 0.3 is 0 Å². The summed E-state index contributed by atoms with van der Waals surface area (Å²) in [6, 6.07) is 4.33. The lowest BCUT2D eigenvalue weighted by atomic mass is 10.0. The van der Waals surface area contributed by atoms with E-state index in [9.17, 15) is 0 Å². The number of benzene rings is 1. The fourth-order valence-electron chi connectivity index (χ4n) is 2.15. The molecule has 0 amide bonds. The van der Waals surface area contributed by atoms with E-state index >= 15 is 0 Å². The molecule has 0 saturated carbocycles. The number of hydrogen-bond acceptors (Lipinski definition) is 3. The predicted octanol–water partition coefficient (Wildman–Crippen LogP) is 2.05. The number of nitrogens with one attached hydrogen (secondary N) is 2. The molecular weight excluding hydrogens is 224 g/mol. The Kier molecular flexibility index (Phi) is 6.76. The van der Waals surface area contributed by atoms with Gasteiger partial charge in [-0.05, 0) is 56.1 Å². The van der Waals surface area contributed by atoms with Gasteiger partial charge in [0.15, 0.2) is 0 Å². The average molecular weight is 250 g/mol. The standard InChI is InChI=1S/C15H26N2O/c1-5-16-8-9-17-7-6-14-13(3)10-12(2)11-15(14)18-4/h10-11,16-17H,5-9H2,1-4H3. The van der Waals surface area contributed by atoms with Gasteiger partial charge in [-0.15, -0.1) is 0 Å². The Hall–Kier alpha value is -1.06. The van der Waals surface area contributed by atoms with Gasteiger partial charge in [0.1, 0.15) is 5.75 Å². The summed E-state index contributed by atoms with van der Waals surface area (Å²) in [6.07, 6.45) is 1.02. The Morgan fingerprint density at radius 1 is 1.06 bits per heavy atom. The molecule has 0 fully saturated rings. The molecule has 2 N–H and O–H groups in total. The van der Waals surface area contributed by atoms with Crippen molar-refractivity contribution < 1.29 is 4.74 Å². The van der Waals surface area contributed by atoms with Gasteiger partial charge in [0.25, 0.3) is 0 Å². The van der Waals surface area contributed by atoms with Gasteiger partial charge in [0.2, 0.25) is 0 Å². The van der Waals surface area contributed by atoms with Crippen molar-refractivity contribution >= 4 is 0 Å². The Bertz CT molecular complexity index is 364. The Labute approximate surface area is 111 Å². The van der Waals surface area contributed by atoms with Crippen LogP contribution in [0.2, 0.25) is 0 Å². The second kappa shape index (κ2) is 8.11. The van der Waals surface area contributed by atoms with E-state index in [4.69, 9.17) is 4.74 Å². The summed E-state index contributed by atoms with van der Waals surface area (Å²) in [5, 5.41) is 6.74. The van der Waals surface area contributed by atoms with E-state index in [1.165, 1.54) is 16.7 Å². The lowest BCUT2D eigenvalue weighted by Gasteiger charge is -2.13. The van der Waals surface area contributed by atoms with Gasteiger partial charge in [0, 0.05) is 13.1 Å². The van der Waals surface area contributed by atoms with Crippen molar-refractivity contribution in [1.82, 2.24) is 10.6 Å². The zero-order valence-electron chi connectivity index (χ0n) is 12.1. The van der Waals surface area contributed by atoms with Gasteiger partial charge in [-0.3, -0.25) is 0 Å². The largest absolute Gasteiger partial charge is 0.496 e. The van der Waals surface area contributed by atoms with Gasteiger partial charge in [0.05, 0.1) is 7.11 Å². The SMILES string of the molecule is CCNCCNCCc1c(C)cc(C)cc1OC. The number of aryl methyl sites for hydroxylation is 2. The van der Waals surface area contributed by atoms with Gasteiger partial charge in [-0.2, -0.15) is 0 Å². The second-order valence-corrected chi connectivity index (χ2v) is 4.62. The molecular formula is C15H26N2O. The molecule has 0 saturated heterocycles. The zero-order chi connectivity index (χ0) is 13.4. The highest BCUT2D eigenvalue weighted by molar-refractivity contribution is 5.43. The van der Waals surface area contributed by atoms with Crippen molar-refractivity contribution in [3.8, 4) is 5.75 Å². The highest BCUT2D eigenvalue weighted by atomic mass is 16.5.